The van der Waals surface area contributed by atoms with Crippen molar-refractivity contribution in [3.05, 3.63) is 24.0 Å². The molecule has 49 valence electrons. The van der Waals surface area contributed by atoms with Gasteiger partial charge in [-0.05, 0) is 6.08 Å². The van der Waals surface area contributed by atoms with Crippen LogP contribution in [0.5, 0.6) is 0 Å². The Morgan fingerprint density at radius 3 is 3.30 bits per heavy atom. The Kier molecular flexibility index (Phi) is 1.13. The Labute approximate surface area is 58.9 Å². The van der Waals surface area contributed by atoms with Crippen LogP contribution in [0.25, 0.3) is 0 Å². The SMILES string of the molecule is C1=CC2=NCN=CC2=C[N]1. The van der Waals surface area contributed by atoms with E-state index in [4.69, 9.17) is 0 Å². The molecule has 2 rings (SSSR count). The monoisotopic (exact) mass is 132 g/mol. The highest BCUT2D eigenvalue weighted by atomic mass is 15.0. The van der Waals surface area contributed by atoms with Gasteiger partial charge in [0.2, 0.25) is 0 Å². The molecule has 10 heavy (non-hydrogen) atoms. The van der Waals surface area contributed by atoms with Crippen LogP contribution in [0.15, 0.2) is 34.0 Å². The van der Waals surface area contributed by atoms with Gasteiger partial charge in [-0.15, -0.1) is 0 Å². The molecule has 0 saturated heterocycles. The third kappa shape index (κ3) is 0.757. The van der Waals surface area contributed by atoms with Gasteiger partial charge in [0.15, 0.2) is 0 Å². The Morgan fingerprint density at radius 1 is 1.40 bits per heavy atom. The first-order chi connectivity index (χ1) is 4.97. The van der Waals surface area contributed by atoms with E-state index in [-0.39, 0.29) is 0 Å². The largest absolute Gasteiger partial charge is 0.269 e. The third-order valence-corrected chi connectivity index (χ3v) is 1.38. The maximum absolute atomic E-state index is 4.16. The van der Waals surface area contributed by atoms with Crippen molar-refractivity contribution in [2.24, 2.45) is 9.98 Å². The fourth-order valence-electron chi connectivity index (χ4n) is 0.899. The standard InChI is InChI=1S/C7H6N3/c1-2-8-3-6-4-9-5-10-7(1)6/h1-4H,5H2. The van der Waals surface area contributed by atoms with E-state index in [0.717, 1.165) is 11.3 Å². The molecule has 0 aliphatic carbocycles. The fourth-order valence-corrected chi connectivity index (χ4v) is 0.899. The lowest BCUT2D eigenvalue weighted by molar-refractivity contribution is 1.05. The predicted molar refractivity (Wildman–Crippen MR) is 40.2 cm³/mol. The van der Waals surface area contributed by atoms with Crippen molar-refractivity contribution in [1.29, 1.82) is 0 Å². The molecule has 0 spiro atoms. The molecule has 0 bridgehead atoms. The highest BCUT2D eigenvalue weighted by Gasteiger charge is 2.06. The first kappa shape index (κ1) is 5.41. The maximum Gasteiger partial charge on any atom is 0.130 e. The van der Waals surface area contributed by atoms with Crippen molar-refractivity contribution >= 4 is 11.9 Å². The molecule has 0 fully saturated rings. The van der Waals surface area contributed by atoms with Gasteiger partial charge in [-0.1, -0.05) is 0 Å². The molecule has 1 radical (unpaired) electrons. The van der Waals surface area contributed by atoms with Crippen molar-refractivity contribution < 1.29 is 0 Å². The van der Waals surface area contributed by atoms with E-state index in [9.17, 15) is 0 Å². The Morgan fingerprint density at radius 2 is 2.40 bits per heavy atom. The summed E-state index contributed by atoms with van der Waals surface area (Å²) in [4.78, 5) is 8.14. The Balaban J connectivity index is 2.38. The summed E-state index contributed by atoms with van der Waals surface area (Å²) in [5, 5.41) is 3.95. The molecule has 0 amide bonds. The lowest BCUT2D eigenvalue weighted by Crippen LogP contribution is -2.12. The van der Waals surface area contributed by atoms with E-state index in [1.807, 2.05) is 6.08 Å². The maximum atomic E-state index is 4.16. The molecule has 0 aromatic rings. The molecule has 0 aromatic heterocycles. The second kappa shape index (κ2) is 2.10. The number of hydrogen-bond acceptors (Lipinski definition) is 2. The van der Waals surface area contributed by atoms with Crippen LogP contribution >= 0.6 is 0 Å². The van der Waals surface area contributed by atoms with Gasteiger partial charge in [-0.2, -0.15) is 0 Å². The molecule has 2 aliphatic heterocycles. The van der Waals surface area contributed by atoms with Crippen LogP contribution in [0.4, 0.5) is 0 Å². The minimum atomic E-state index is 0.553. The van der Waals surface area contributed by atoms with Gasteiger partial charge in [0.05, 0.1) is 5.71 Å². The summed E-state index contributed by atoms with van der Waals surface area (Å²) in [6.07, 6.45) is 7.19. The predicted octanol–water partition coefficient (Wildman–Crippen LogP) is 0.485. The van der Waals surface area contributed by atoms with Crippen LogP contribution in [0.3, 0.4) is 0 Å². The van der Waals surface area contributed by atoms with Crippen molar-refractivity contribution in [3.63, 3.8) is 0 Å². The zero-order chi connectivity index (χ0) is 6.81. The Bertz CT molecular complexity index is 230. The smallest absolute Gasteiger partial charge is 0.130 e. The second-order valence-electron chi connectivity index (χ2n) is 2.05. The van der Waals surface area contributed by atoms with Crippen LogP contribution in [0, 0.1) is 0 Å². The summed E-state index contributed by atoms with van der Waals surface area (Å²) in [7, 11) is 0. The van der Waals surface area contributed by atoms with E-state index in [2.05, 4.69) is 15.3 Å². The van der Waals surface area contributed by atoms with E-state index in [1.165, 1.54) is 0 Å². The van der Waals surface area contributed by atoms with Crippen molar-refractivity contribution in [3.8, 4) is 0 Å². The lowest BCUT2D eigenvalue weighted by Gasteiger charge is -2.08. The summed E-state index contributed by atoms with van der Waals surface area (Å²) in [6, 6.07) is 0. The van der Waals surface area contributed by atoms with Gasteiger partial charge in [-0.25, -0.2) is 0 Å². The van der Waals surface area contributed by atoms with E-state index < -0.39 is 0 Å². The molecule has 3 heteroatoms. The highest BCUT2D eigenvalue weighted by Crippen LogP contribution is 2.05. The van der Waals surface area contributed by atoms with Crippen LogP contribution < -0.4 is 5.32 Å². The first-order valence-electron chi connectivity index (χ1n) is 3.08. The van der Waals surface area contributed by atoms with E-state index in [0.29, 0.717) is 6.67 Å². The number of allylic oxidation sites excluding steroid dienone is 2. The average molecular weight is 132 g/mol. The van der Waals surface area contributed by atoms with Crippen LogP contribution in [-0.2, 0) is 0 Å². The van der Waals surface area contributed by atoms with Gasteiger partial charge in [-0.3, -0.25) is 15.3 Å². The number of hydrogen-bond donors (Lipinski definition) is 0. The van der Waals surface area contributed by atoms with Gasteiger partial charge < -0.3 is 0 Å². The van der Waals surface area contributed by atoms with Gasteiger partial charge in [0, 0.05) is 24.2 Å². The van der Waals surface area contributed by atoms with Gasteiger partial charge in [0.1, 0.15) is 6.67 Å². The molecule has 2 heterocycles. The normalized spacial score (nSPS) is 20.8. The minimum absolute atomic E-state index is 0.553. The van der Waals surface area contributed by atoms with Crippen molar-refractivity contribution in [1.82, 2.24) is 5.32 Å². The summed E-state index contributed by atoms with van der Waals surface area (Å²) < 4.78 is 0. The minimum Gasteiger partial charge on any atom is -0.269 e. The van der Waals surface area contributed by atoms with Gasteiger partial charge >= 0.3 is 0 Å². The van der Waals surface area contributed by atoms with Crippen LogP contribution in [-0.4, -0.2) is 18.6 Å². The van der Waals surface area contributed by atoms with Crippen LogP contribution in [0.1, 0.15) is 0 Å². The Hall–Kier alpha value is -1.38. The zero-order valence-electron chi connectivity index (χ0n) is 5.36. The third-order valence-electron chi connectivity index (χ3n) is 1.38. The molecule has 0 N–H and O–H groups in total. The molecule has 2 aliphatic rings. The van der Waals surface area contributed by atoms with E-state index >= 15 is 0 Å². The number of rotatable bonds is 0. The van der Waals surface area contributed by atoms with Crippen molar-refractivity contribution in [2.45, 2.75) is 0 Å². The summed E-state index contributed by atoms with van der Waals surface area (Å²) >= 11 is 0. The molecular formula is C7H6N3. The number of fused-ring (bicyclic) bond motifs is 1. The summed E-state index contributed by atoms with van der Waals surface area (Å²) in [6.45, 7) is 0.553. The molecule has 0 saturated carbocycles. The zero-order valence-corrected chi connectivity index (χ0v) is 5.36. The topological polar surface area (TPSA) is 38.8 Å². The summed E-state index contributed by atoms with van der Waals surface area (Å²) in [5.41, 5.74) is 2.00. The molecule has 3 nitrogen and oxygen atoms in total. The quantitative estimate of drug-likeness (QED) is 0.460. The van der Waals surface area contributed by atoms with Gasteiger partial charge in [0.25, 0.3) is 0 Å². The molecule has 0 aromatic carbocycles. The van der Waals surface area contributed by atoms with Crippen LogP contribution in [0.2, 0.25) is 0 Å². The molecule has 0 unspecified atom stereocenters. The average Bonchev–Trinajstić information content (AvgIpc) is 2.05. The first-order valence-corrected chi connectivity index (χ1v) is 3.08. The highest BCUT2D eigenvalue weighted by molar-refractivity contribution is 6.22. The van der Waals surface area contributed by atoms with Crippen molar-refractivity contribution in [2.75, 3.05) is 6.67 Å². The lowest BCUT2D eigenvalue weighted by atomic mass is 10.1. The molecular weight excluding hydrogens is 126 g/mol. The molecule has 0 atom stereocenters. The number of nitrogens with zero attached hydrogens (tertiary/aromatic N) is 3. The summed E-state index contributed by atoms with van der Waals surface area (Å²) in [5.74, 6) is 0. The number of aliphatic imine (C=N–C) groups is 2. The van der Waals surface area contributed by atoms with E-state index in [1.54, 1.807) is 18.6 Å². The fraction of sp³-hybridized carbons (Fsp3) is 0.143. The second-order valence-corrected chi connectivity index (χ2v) is 2.05.